The minimum atomic E-state index is -0.595. The third kappa shape index (κ3) is 3.56. The number of terminal acetylenes is 1. The molecule has 0 bridgehead atoms. The second kappa shape index (κ2) is 7.53. The molecule has 9 heteroatoms. The van der Waals surface area contributed by atoms with E-state index >= 15 is 0 Å². The molecule has 4 rings (SSSR count). The Morgan fingerprint density at radius 2 is 2.07 bits per heavy atom. The van der Waals surface area contributed by atoms with Crippen LogP contribution in [0, 0.1) is 22.5 Å². The van der Waals surface area contributed by atoms with E-state index in [1.807, 2.05) is 30.3 Å². The van der Waals surface area contributed by atoms with E-state index in [4.69, 9.17) is 10.9 Å². The number of nitrogens with zero attached hydrogens (tertiary/aromatic N) is 4. The Kier molecular flexibility index (Phi) is 4.76. The number of carbonyl (C=O) groups is 1. The highest BCUT2D eigenvalue weighted by Gasteiger charge is 2.16. The fraction of sp³-hybridized carbons (Fsp3) is 0.0500. The van der Waals surface area contributed by atoms with Crippen LogP contribution in [0.4, 0.5) is 5.69 Å². The van der Waals surface area contributed by atoms with E-state index in [-0.39, 0.29) is 17.9 Å². The van der Waals surface area contributed by atoms with Crippen molar-refractivity contribution in [2.24, 2.45) is 4.99 Å². The summed E-state index contributed by atoms with van der Waals surface area (Å²) in [5.74, 6) is 2.37. The zero-order valence-electron chi connectivity index (χ0n) is 14.8. The van der Waals surface area contributed by atoms with Gasteiger partial charge in [0, 0.05) is 23.8 Å². The van der Waals surface area contributed by atoms with Gasteiger partial charge in [0.15, 0.2) is 16.3 Å². The normalized spacial score (nSPS) is 11.5. The van der Waals surface area contributed by atoms with E-state index in [1.54, 1.807) is 10.6 Å². The largest absolute Gasteiger partial charge is 0.355 e. The number of fused-ring (bicyclic) bond motifs is 1. The van der Waals surface area contributed by atoms with Crippen molar-refractivity contribution in [3.8, 4) is 23.7 Å². The number of thiazole rings is 1. The van der Waals surface area contributed by atoms with E-state index in [9.17, 15) is 14.9 Å². The zero-order chi connectivity index (χ0) is 20.4. The highest BCUT2D eigenvalue weighted by Crippen LogP contribution is 2.24. The average Bonchev–Trinajstić information content (AvgIpc) is 3.34. The maximum Gasteiger partial charge on any atom is 0.301 e. The van der Waals surface area contributed by atoms with Crippen LogP contribution < -0.4 is 4.80 Å². The first kappa shape index (κ1) is 18.3. The topological polar surface area (TPSA) is 104 Å². The number of amides is 1. The van der Waals surface area contributed by atoms with Gasteiger partial charge >= 0.3 is 5.91 Å². The fourth-order valence-electron chi connectivity index (χ4n) is 2.76. The fourth-order valence-corrected chi connectivity index (χ4v) is 3.82. The van der Waals surface area contributed by atoms with E-state index in [0.717, 1.165) is 16.9 Å². The zero-order valence-corrected chi connectivity index (χ0v) is 15.6. The standard InChI is InChI=1S/C20H12N4O4S/c1-2-10-23-16-9-8-14(24(26)27)11-18(16)29-20(23)21-19(25)15-12-17(28-22-15)13-6-4-3-5-7-13/h1,3-9,11-12H,10H2. The SMILES string of the molecule is C#CCn1c(=NC(=O)c2cc(-c3ccccc3)on2)sc2cc([N+](=O)[O-])ccc21. The molecule has 2 aromatic carbocycles. The molecular weight excluding hydrogens is 392 g/mol. The van der Waals surface area contributed by atoms with Gasteiger partial charge in [-0.1, -0.05) is 52.7 Å². The molecule has 0 saturated heterocycles. The van der Waals surface area contributed by atoms with Gasteiger partial charge in [-0.25, -0.2) is 0 Å². The number of non-ortho nitro benzene ring substituents is 1. The molecular formula is C20H12N4O4S. The minimum absolute atomic E-state index is 0.0477. The summed E-state index contributed by atoms with van der Waals surface area (Å²) in [6, 6.07) is 15.2. The van der Waals surface area contributed by atoms with Gasteiger partial charge in [0.2, 0.25) is 0 Å². The quantitative estimate of drug-likeness (QED) is 0.293. The van der Waals surface area contributed by atoms with E-state index < -0.39 is 10.8 Å². The molecule has 0 aliphatic heterocycles. The molecule has 0 spiro atoms. The van der Waals surface area contributed by atoms with Crippen molar-refractivity contribution >= 4 is 33.1 Å². The van der Waals surface area contributed by atoms with Crippen LogP contribution in [-0.2, 0) is 6.54 Å². The van der Waals surface area contributed by atoms with E-state index in [1.165, 1.54) is 18.2 Å². The Morgan fingerprint density at radius 3 is 2.79 bits per heavy atom. The minimum Gasteiger partial charge on any atom is -0.355 e. The van der Waals surface area contributed by atoms with Gasteiger partial charge < -0.3 is 9.09 Å². The van der Waals surface area contributed by atoms with Gasteiger partial charge in [-0.15, -0.1) is 6.42 Å². The second-order valence-corrected chi connectivity index (χ2v) is 6.95. The third-order valence-electron chi connectivity index (χ3n) is 4.11. The molecule has 0 saturated carbocycles. The molecule has 0 aliphatic carbocycles. The van der Waals surface area contributed by atoms with Crippen LogP contribution in [0.5, 0.6) is 0 Å². The smallest absolute Gasteiger partial charge is 0.301 e. The van der Waals surface area contributed by atoms with E-state index in [0.29, 0.717) is 20.8 Å². The molecule has 0 unspecified atom stereocenters. The van der Waals surface area contributed by atoms with Crippen LogP contribution in [0.15, 0.2) is 64.1 Å². The summed E-state index contributed by atoms with van der Waals surface area (Å²) in [5.41, 5.74) is 1.46. The highest BCUT2D eigenvalue weighted by atomic mass is 32.1. The average molecular weight is 404 g/mol. The van der Waals surface area contributed by atoms with Crippen LogP contribution in [0.1, 0.15) is 10.5 Å². The van der Waals surface area contributed by atoms with E-state index in [2.05, 4.69) is 16.1 Å². The van der Waals surface area contributed by atoms with Crippen molar-refractivity contribution in [2.75, 3.05) is 0 Å². The number of carbonyl (C=O) groups excluding carboxylic acids is 1. The Balaban J connectivity index is 1.76. The summed E-state index contributed by atoms with van der Waals surface area (Å²) in [4.78, 5) is 27.6. The van der Waals surface area contributed by atoms with Crippen molar-refractivity contribution in [2.45, 2.75) is 6.54 Å². The van der Waals surface area contributed by atoms with Crippen LogP contribution >= 0.6 is 11.3 Å². The molecule has 4 aromatic rings. The first-order valence-electron chi connectivity index (χ1n) is 8.39. The lowest BCUT2D eigenvalue weighted by atomic mass is 10.1. The van der Waals surface area contributed by atoms with Gasteiger partial charge in [0.1, 0.15) is 0 Å². The predicted molar refractivity (Wildman–Crippen MR) is 107 cm³/mol. The first-order chi connectivity index (χ1) is 14.1. The summed E-state index contributed by atoms with van der Waals surface area (Å²) in [5, 5.41) is 14.8. The number of hydrogen-bond acceptors (Lipinski definition) is 6. The monoisotopic (exact) mass is 404 g/mol. The molecule has 1 amide bonds. The van der Waals surface area contributed by atoms with Crippen molar-refractivity contribution in [3.05, 3.63) is 75.2 Å². The predicted octanol–water partition coefficient (Wildman–Crippen LogP) is 3.64. The number of hydrogen-bond donors (Lipinski definition) is 0. The van der Waals surface area contributed by atoms with Crippen molar-refractivity contribution in [1.82, 2.24) is 9.72 Å². The molecule has 8 nitrogen and oxygen atoms in total. The number of nitro groups is 1. The molecule has 0 aliphatic rings. The second-order valence-electron chi connectivity index (χ2n) is 5.94. The van der Waals surface area contributed by atoms with Gasteiger partial charge in [0.25, 0.3) is 5.69 Å². The third-order valence-corrected chi connectivity index (χ3v) is 5.15. The maximum atomic E-state index is 12.6. The van der Waals surface area contributed by atoms with Crippen LogP contribution in [-0.4, -0.2) is 20.6 Å². The van der Waals surface area contributed by atoms with Crippen LogP contribution in [0.2, 0.25) is 0 Å². The lowest BCUT2D eigenvalue weighted by molar-refractivity contribution is -0.384. The Hall–Kier alpha value is -4.03. The van der Waals surface area contributed by atoms with Crippen LogP contribution in [0.3, 0.4) is 0 Å². The molecule has 142 valence electrons. The van der Waals surface area contributed by atoms with Gasteiger partial charge in [-0.05, 0) is 6.07 Å². The summed E-state index contributed by atoms with van der Waals surface area (Å²) in [7, 11) is 0. The van der Waals surface area contributed by atoms with Gasteiger partial charge in [-0.2, -0.15) is 4.99 Å². The Morgan fingerprint density at radius 1 is 1.28 bits per heavy atom. The van der Waals surface area contributed by atoms with Crippen LogP contribution in [0.25, 0.3) is 21.5 Å². The molecule has 0 fully saturated rings. The van der Waals surface area contributed by atoms with Crippen molar-refractivity contribution in [1.29, 1.82) is 0 Å². The molecule has 2 heterocycles. The number of rotatable bonds is 4. The lowest BCUT2D eigenvalue weighted by Crippen LogP contribution is -2.16. The number of aromatic nitrogens is 2. The van der Waals surface area contributed by atoms with Gasteiger partial charge in [0.05, 0.1) is 21.7 Å². The molecule has 0 N–H and O–H groups in total. The number of benzene rings is 2. The highest BCUT2D eigenvalue weighted by molar-refractivity contribution is 7.16. The summed E-state index contributed by atoms with van der Waals surface area (Å²) >= 11 is 1.14. The Bertz CT molecular complexity index is 1340. The summed E-state index contributed by atoms with van der Waals surface area (Å²) in [6.45, 7) is 0.165. The molecule has 0 radical (unpaired) electrons. The molecule has 0 atom stereocenters. The first-order valence-corrected chi connectivity index (χ1v) is 9.21. The van der Waals surface area contributed by atoms with Crippen molar-refractivity contribution < 1.29 is 14.2 Å². The number of nitro benzene ring substituents is 1. The summed E-state index contributed by atoms with van der Waals surface area (Å²) < 4.78 is 7.50. The Labute approximate surface area is 167 Å². The maximum absolute atomic E-state index is 12.6. The van der Waals surface area contributed by atoms with Gasteiger partial charge in [-0.3, -0.25) is 14.9 Å². The van der Waals surface area contributed by atoms with Crippen molar-refractivity contribution in [3.63, 3.8) is 0 Å². The summed E-state index contributed by atoms with van der Waals surface area (Å²) in [6.07, 6.45) is 5.44. The lowest BCUT2D eigenvalue weighted by Gasteiger charge is -1.99. The molecule has 2 aromatic heterocycles. The molecule has 29 heavy (non-hydrogen) atoms.